The second-order valence-electron chi connectivity index (χ2n) is 6.69. The van der Waals surface area contributed by atoms with Crippen molar-refractivity contribution < 1.29 is 9.47 Å². The molecule has 1 heterocycles. The number of nitrogens with two attached hydrogens (primary N) is 1. The molecule has 1 aliphatic heterocycles. The van der Waals surface area contributed by atoms with E-state index in [1.807, 2.05) is 7.05 Å². The van der Waals surface area contributed by atoms with E-state index in [0.717, 1.165) is 18.8 Å². The van der Waals surface area contributed by atoms with Crippen LogP contribution in [0.15, 0.2) is 4.99 Å². The van der Waals surface area contributed by atoms with Crippen molar-refractivity contribution in [2.75, 3.05) is 20.2 Å². The van der Waals surface area contributed by atoms with Crippen LogP contribution in [0.2, 0.25) is 0 Å². The summed E-state index contributed by atoms with van der Waals surface area (Å²) in [5.41, 5.74) is 6.00. The molecule has 2 aliphatic carbocycles. The number of aliphatic imine (C=N–C) groups is 1. The van der Waals surface area contributed by atoms with Crippen molar-refractivity contribution in [1.29, 1.82) is 0 Å². The van der Waals surface area contributed by atoms with Crippen LogP contribution in [-0.2, 0) is 9.47 Å². The first-order valence-corrected chi connectivity index (χ1v) is 7.92. The Balaban J connectivity index is 0.00000161. The molecule has 122 valence electrons. The second kappa shape index (κ2) is 7.00. The van der Waals surface area contributed by atoms with Crippen LogP contribution in [0.3, 0.4) is 0 Å². The fraction of sp³-hybridized carbons (Fsp3) is 0.933. The zero-order valence-corrected chi connectivity index (χ0v) is 15.4. The normalized spacial score (nSPS) is 36.6. The molecule has 0 radical (unpaired) electrons. The fourth-order valence-corrected chi connectivity index (χ4v) is 3.13. The van der Waals surface area contributed by atoms with E-state index in [1.54, 1.807) is 0 Å². The molecule has 0 aromatic rings. The fourth-order valence-electron chi connectivity index (χ4n) is 3.13. The molecular formula is C15H28IN3O2. The zero-order chi connectivity index (χ0) is 14.2. The molecule has 0 bridgehead atoms. The quantitative estimate of drug-likeness (QED) is 0.442. The van der Waals surface area contributed by atoms with Crippen LogP contribution in [0.25, 0.3) is 0 Å². The van der Waals surface area contributed by atoms with E-state index in [0.29, 0.717) is 25.2 Å². The third-order valence-corrected chi connectivity index (χ3v) is 4.86. The lowest BCUT2D eigenvalue weighted by Crippen LogP contribution is -2.37. The number of hydrogen-bond acceptors (Lipinski definition) is 3. The van der Waals surface area contributed by atoms with E-state index in [4.69, 9.17) is 15.2 Å². The maximum absolute atomic E-state index is 6.14. The number of nitrogens with zero attached hydrogens (tertiary/aromatic N) is 2. The number of ether oxygens (including phenoxy) is 2. The molecule has 3 fully saturated rings. The van der Waals surface area contributed by atoms with Crippen molar-refractivity contribution in [2.45, 2.75) is 63.4 Å². The molecule has 6 heteroatoms. The largest absolute Gasteiger partial charge is 0.370 e. The summed E-state index contributed by atoms with van der Waals surface area (Å²) >= 11 is 0. The van der Waals surface area contributed by atoms with Gasteiger partial charge in [0.05, 0.1) is 13.2 Å². The highest BCUT2D eigenvalue weighted by atomic mass is 127. The maximum Gasteiger partial charge on any atom is 0.191 e. The van der Waals surface area contributed by atoms with Crippen molar-refractivity contribution in [3.63, 3.8) is 0 Å². The van der Waals surface area contributed by atoms with Gasteiger partial charge >= 0.3 is 0 Å². The number of hydrogen-bond donors (Lipinski definition) is 1. The molecular weight excluding hydrogens is 381 g/mol. The van der Waals surface area contributed by atoms with Gasteiger partial charge in [-0.3, -0.25) is 4.99 Å². The molecule has 0 aromatic carbocycles. The van der Waals surface area contributed by atoms with Gasteiger partial charge in [0, 0.05) is 25.9 Å². The first-order valence-electron chi connectivity index (χ1n) is 7.92. The summed E-state index contributed by atoms with van der Waals surface area (Å²) < 4.78 is 12.1. The molecule has 1 spiro atoms. The summed E-state index contributed by atoms with van der Waals surface area (Å²) in [5, 5.41) is 0. The molecule has 0 aromatic heterocycles. The van der Waals surface area contributed by atoms with E-state index < -0.39 is 0 Å². The minimum Gasteiger partial charge on any atom is -0.370 e. The molecule has 1 unspecified atom stereocenters. The average Bonchev–Trinajstić information content (AvgIpc) is 3.22. The monoisotopic (exact) mass is 409 g/mol. The third-order valence-electron chi connectivity index (χ3n) is 4.86. The maximum atomic E-state index is 6.14. The minimum absolute atomic E-state index is 0. The van der Waals surface area contributed by atoms with Crippen LogP contribution in [0.1, 0.15) is 45.4 Å². The van der Waals surface area contributed by atoms with Crippen LogP contribution >= 0.6 is 24.0 Å². The van der Waals surface area contributed by atoms with E-state index in [1.165, 1.54) is 25.7 Å². The van der Waals surface area contributed by atoms with E-state index in [9.17, 15) is 0 Å². The van der Waals surface area contributed by atoms with Gasteiger partial charge in [-0.15, -0.1) is 24.0 Å². The number of halogens is 1. The van der Waals surface area contributed by atoms with Gasteiger partial charge in [-0.1, -0.05) is 6.92 Å². The van der Waals surface area contributed by atoms with Crippen LogP contribution in [0.5, 0.6) is 0 Å². The zero-order valence-electron chi connectivity index (χ0n) is 13.1. The predicted molar refractivity (Wildman–Crippen MR) is 93.9 cm³/mol. The van der Waals surface area contributed by atoms with Gasteiger partial charge in [-0.05, 0) is 31.6 Å². The predicted octanol–water partition coefficient (Wildman–Crippen LogP) is 2.34. The van der Waals surface area contributed by atoms with Crippen molar-refractivity contribution in [1.82, 2.24) is 4.90 Å². The van der Waals surface area contributed by atoms with Crippen LogP contribution < -0.4 is 5.73 Å². The Morgan fingerprint density at radius 3 is 2.57 bits per heavy atom. The summed E-state index contributed by atoms with van der Waals surface area (Å²) in [6.45, 7) is 3.57. The molecule has 1 atom stereocenters. The topological polar surface area (TPSA) is 60.1 Å². The molecule has 2 saturated carbocycles. The average molecular weight is 409 g/mol. The molecule has 0 amide bonds. The molecule has 3 rings (SSSR count). The highest BCUT2D eigenvalue weighted by Crippen LogP contribution is 2.39. The Bertz CT molecular complexity index is 379. The van der Waals surface area contributed by atoms with Gasteiger partial charge < -0.3 is 20.1 Å². The molecule has 1 saturated heterocycles. The number of rotatable bonds is 3. The lowest BCUT2D eigenvalue weighted by Gasteiger charge is -2.34. The molecule has 3 aliphatic rings. The Hall–Kier alpha value is -0.0800. The molecule has 5 nitrogen and oxygen atoms in total. The summed E-state index contributed by atoms with van der Waals surface area (Å²) in [6, 6.07) is 0.602. The standard InChI is InChI=1S/C15H27N3O2.HI/c1-11-5-7-15(8-6-11)19-10-13(20-15)9-17-14(16)18(2)12-3-4-12;/h11-13H,3-10H2,1-2H3,(H2,16,17);1H. The van der Waals surface area contributed by atoms with E-state index >= 15 is 0 Å². The summed E-state index contributed by atoms with van der Waals surface area (Å²) in [5.74, 6) is 1.12. The van der Waals surface area contributed by atoms with Crippen LogP contribution in [-0.4, -0.2) is 49.0 Å². The summed E-state index contributed by atoms with van der Waals surface area (Å²) in [7, 11) is 2.02. The van der Waals surface area contributed by atoms with E-state index in [-0.39, 0.29) is 35.9 Å². The Kier molecular flexibility index (Phi) is 5.76. The molecule has 21 heavy (non-hydrogen) atoms. The van der Waals surface area contributed by atoms with Crippen molar-refractivity contribution in [3.05, 3.63) is 0 Å². The van der Waals surface area contributed by atoms with Crippen molar-refractivity contribution >= 4 is 29.9 Å². The lowest BCUT2D eigenvalue weighted by atomic mass is 9.86. The highest BCUT2D eigenvalue weighted by molar-refractivity contribution is 14.0. The highest BCUT2D eigenvalue weighted by Gasteiger charge is 2.43. The first-order chi connectivity index (χ1) is 9.58. The van der Waals surface area contributed by atoms with Gasteiger partial charge in [0.1, 0.15) is 6.10 Å². The van der Waals surface area contributed by atoms with Crippen LogP contribution in [0, 0.1) is 5.92 Å². The SMILES string of the molecule is CC1CCC2(CC1)OCC(CN=C(N)N(C)C1CC1)O2.I. The van der Waals surface area contributed by atoms with Gasteiger partial charge in [0.2, 0.25) is 0 Å². The van der Waals surface area contributed by atoms with Gasteiger partial charge in [-0.25, -0.2) is 0 Å². The molecule has 2 N–H and O–H groups in total. The first kappa shape index (κ1) is 17.3. The van der Waals surface area contributed by atoms with Gasteiger partial charge in [0.25, 0.3) is 0 Å². The van der Waals surface area contributed by atoms with E-state index in [2.05, 4.69) is 16.8 Å². The summed E-state index contributed by atoms with van der Waals surface area (Å²) in [6.07, 6.45) is 6.96. The van der Waals surface area contributed by atoms with Gasteiger partial charge in [-0.2, -0.15) is 0 Å². The van der Waals surface area contributed by atoms with Crippen LogP contribution in [0.4, 0.5) is 0 Å². The van der Waals surface area contributed by atoms with Gasteiger partial charge in [0.15, 0.2) is 11.7 Å². The Morgan fingerprint density at radius 1 is 1.29 bits per heavy atom. The Labute approximate surface area is 144 Å². The summed E-state index contributed by atoms with van der Waals surface area (Å²) in [4.78, 5) is 6.55. The smallest absolute Gasteiger partial charge is 0.191 e. The minimum atomic E-state index is -0.316. The van der Waals surface area contributed by atoms with Crippen molar-refractivity contribution in [3.8, 4) is 0 Å². The second-order valence-corrected chi connectivity index (χ2v) is 6.69. The lowest BCUT2D eigenvalue weighted by molar-refractivity contribution is -0.190. The van der Waals surface area contributed by atoms with Crippen molar-refractivity contribution in [2.24, 2.45) is 16.6 Å². The third kappa shape index (κ3) is 4.22. The Morgan fingerprint density at radius 2 is 1.95 bits per heavy atom. The number of guanidine groups is 1.